The lowest BCUT2D eigenvalue weighted by Crippen LogP contribution is -2.20. The molecule has 0 bridgehead atoms. The monoisotopic (exact) mass is 602 g/mol. The summed E-state index contributed by atoms with van der Waals surface area (Å²) in [5.74, 6) is 0.748. The third kappa shape index (κ3) is 12.1. The average molecular weight is 603 g/mol. The van der Waals surface area contributed by atoms with Gasteiger partial charge in [0.2, 0.25) is 0 Å². The molecule has 4 nitrogen and oxygen atoms in total. The summed E-state index contributed by atoms with van der Waals surface area (Å²) in [7, 11) is 0. The zero-order valence-corrected chi connectivity index (χ0v) is 30.1. The van der Waals surface area contributed by atoms with E-state index >= 15 is 0 Å². The molecule has 0 unspecified atom stereocenters. The molecule has 0 saturated heterocycles. The summed E-state index contributed by atoms with van der Waals surface area (Å²) >= 11 is 0. The van der Waals surface area contributed by atoms with Gasteiger partial charge in [-0.15, -0.1) is 0 Å². The molecule has 0 spiro atoms. The fourth-order valence-corrected chi connectivity index (χ4v) is 6.34. The number of aliphatic imine (C=N–C) groups is 2. The first-order chi connectivity index (χ1) is 20.1. The van der Waals surface area contributed by atoms with Crippen molar-refractivity contribution >= 4 is 12.4 Å². The predicted molar refractivity (Wildman–Crippen MR) is 190 cm³/mol. The third-order valence-electron chi connectivity index (χ3n) is 7.98. The second kappa shape index (κ2) is 13.8. The molecule has 0 radical (unpaired) electrons. The van der Waals surface area contributed by atoms with Gasteiger partial charge >= 0.3 is 0 Å². The Hall–Kier alpha value is -2.62. The van der Waals surface area contributed by atoms with Gasteiger partial charge in [0.15, 0.2) is 0 Å². The van der Waals surface area contributed by atoms with Crippen molar-refractivity contribution in [3.8, 4) is 11.5 Å². The van der Waals surface area contributed by atoms with Crippen molar-refractivity contribution in [3.05, 3.63) is 57.6 Å². The normalized spacial score (nSPS) is 18.9. The number of phenols is 2. The quantitative estimate of drug-likeness (QED) is 0.295. The van der Waals surface area contributed by atoms with Gasteiger partial charge < -0.3 is 10.2 Å². The minimum atomic E-state index is 0.0873. The lowest BCUT2D eigenvalue weighted by atomic mass is 9.83. The van der Waals surface area contributed by atoms with Crippen LogP contribution in [0.15, 0.2) is 34.3 Å². The number of aromatic hydroxyl groups is 2. The Morgan fingerprint density at radius 1 is 0.523 bits per heavy atom. The van der Waals surface area contributed by atoms with E-state index in [9.17, 15) is 10.2 Å². The van der Waals surface area contributed by atoms with E-state index in [0.717, 1.165) is 73.6 Å². The van der Waals surface area contributed by atoms with E-state index in [4.69, 9.17) is 9.98 Å². The molecule has 44 heavy (non-hydrogen) atoms. The molecule has 4 heteroatoms. The first-order valence-corrected chi connectivity index (χ1v) is 16.8. The van der Waals surface area contributed by atoms with Crippen LogP contribution in [0.25, 0.3) is 0 Å². The average Bonchev–Trinajstić information content (AvgIpc) is 2.83. The van der Waals surface area contributed by atoms with E-state index < -0.39 is 0 Å². The Morgan fingerprint density at radius 2 is 0.818 bits per heavy atom. The standard InChI is InChI=1S/C40H62N2O2/c1-37(2,3)21-27-17-29(23-39(7,8)9)35(43)31(19-27)25-41-33-13-15-34(16-14-33)42-26-32-20-28(22-38(4,5)6)18-30(36(32)44)24-40(10,11)12/h17-20,25-26,33-34,43-44H,13-16,21-24H2,1-12H3. The van der Waals surface area contributed by atoms with Gasteiger partial charge in [-0.05, 0) is 107 Å². The minimum Gasteiger partial charge on any atom is -0.507 e. The maximum absolute atomic E-state index is 11.2. The molecule has 0 aliphatic heterocycles. The van der Waals surface area contributed by atoms with E-state index in [1.807, 2.05) is 12.4 Å². The summed E-state index contributed by atoms with van der Waals surface area (Å²) in [4.78, 5) is 9.94. The summed E-state index contributed by atoms with van der Waals surface area (Å²) in [5.41, 5.74) is 6.73. The number of hydrogen-bond donors (Lipinski definition) is 2. The fraction of sp³-hybridized carbons (Fsp3) is 0.650. The van der Waals surface area contributed by atoms with Crippen molar-refractivity contribution in [2.45, 2.75) is 147 Å². The molecule has 0 heterocycles. The molecule has 0 amide bonds. The van der Waals surface area contributed by atoms with Crippen LogP contribution in [0, 0.1) is 21.7 Å². The number of rotatable bonds is 8. The summed E-state index contributed by atoms with van der Waals surface area (Å²) < 4.78 is 0. The van der Waals surface area contributed by atoms with Crippen LogP contribution in [-0.2, 0) is 25.7 Å². The number of nitrogens with zero attached hydrogens (tertiary/aromatic N) is 2. The van der Waals surface area contributed by atoms with Gasteiger partial charge in [0.25, 0.3) is 0 Å². The second-order valence-corrected chi connectivity index (χ2v) is 18.4. The molecule has 3 rings (SSSR count). The highest BCUT2D eigenvalue weighted by Gasteiger charge is 2.23. The smallest absolute Gasteiger partial charge is 0.127 e. The van der Waals surface area contributed by atoms with Crippen molar-refractivity contribution < 1.29 is 10.2 Å². The Balaban J connectivity index is 1.74. The van der Waals surface area contributed by atoms with Crippen LogP contribution in [0.1, 0.15) is 142 Å². The van der Waals surface area contributed by atoms with Gasteiger partial charge in [0, 0.05) is 23.6 Å². The number of hydrogen-bond acceptors (Lipinski definition) is 4. The van der Waals surface area contributed by atoms with Crippen LogP contribution in [0.4, 0.5) is 0 Å². The van der Waals surface area contributed by atoms with Gasteiger partial charge in [0.05, 0.1) is 12.1 Å². The van der Waals surface area contributed by atoms with Crippen LogP contribution < -0.4 is 0 Å². The Bertz CT molecular complexity index is 1210. The maximum Gasteiger partial charge on any atom is 0.127 e. The molecule has 2 aromatic carbocycles. The maximum atomic E-state index is 11.2. The van der Waals surface area contributed by atoms with E-state index in [1.54, 1.807) is 0 Å². The van der Waals surface area contributed by atoms with Crippen LogP contribution >= 0.6 is 0 Å². The van der Waals surface area contributed by atoms with E-state index in [-0.39, 0.29) is 33.7 Å². The summed E-state index contributed by atoms with van der Waals surface area (Å²) in [6.07, 6.45) is 11.3. The molecular weight excluding hydrogens is 540 g/mol. The summed E-state index contributed by atoms with van der Waals surface area (Å²) in [5, 5.41) is 22.4. The molecule has 1 aliphatic rings. The predicted octanol–water partition coefficient (Wildman–Crippen LogP) is 10.3. The molecule has 0 atom stereocenters. The Kier molecular flexibility index (Phi) is 11.2. The zero-order chi connectivity index (χ0) is 33.1. The highest BCUT2D eigenvalue weighted by Crippen LogP contribution is 2.35. The topological polar surface area (TPSA) is 65.2 Å². The molecule has 1 fully saturated rings. The number of phenolic OH excluding ortho intramolecular Hbond substituents is 2. The van der Waals surface area contributed by atoms with Crippen LogP contribution in [-0.4, -0.2) is 34.7 Å². The van der Waals surface area contributed by atoms with E-state index in [2.05, 4.69) is 107 Å². The lowest BCUT2D eigenvalue weighted by Gasteiger charge is -2.25. The largest absolute Gasteiger partial charge is 0.507 e. The Morgan fingerprint density at radius 3 is 1.09 bits per heavy atom. The van der Waals surface area contributed by atoms with Crippen LogP contribution in [0.3, 0.4) is 0 Å². The summed E-state index contributed by atoms with van der Waals surface area (Å²) in [6.45, 7) is 26.8. The first-order valence-electron chi connectivity index (χ1n) is 16.8. The summed E-state index contributed by atoms with van der Waals surface area (Å²) in [6, 6.07) is 9.10. The molecular formula is C40H62N2O2. The van der Waals surface area contributed by atoms with Crippen LogP contribution in [0.5, 0.6) is 11.5 Å². The fourth-order valence-electron chi connectivity index (χ4n) is 6.34. The molecule has 1 saturated carbocycles. The molecule has 1 aliphatic carbocycles. The lowest BCUT2D eigenvalue weighted by molar-refractivity contribution is 0.390. The highest BCUT2D eigenvalue weighted by atomic mass is 16.3. The number of benzene rings is 2. The molecule has 0 aromatic heterocycles. The zero-order valence-electron chi connectivity index (χ0n) is 30.1. The molecule has 244 valence electrons. The van der Waals surface area contributed by atoms with Crippen molar-refractivity contribution in [2.75, 3.05) is 0 Å². The van der Waals surface area contributed by atoms with Crippen molar-refractivity contribution in [1.82, 2.24) is 0 Å². The van der Waals surface area contributed by atoms with Crippen LogP contribution in [0.2, 0.25) is 0 Å². The first kappa shape index (κ1) is 35.9. The van der Waals surface area contributed by atoms with Crippen molar-refractivity contribution in [1.29, 1.82) is 0 Å². The van der Waals surface area contributed by atoms with E-state index in [1.165, 1.54) is 11.1 Å². The van der Waals surface area contributed by atoms with Crippen molar-refractivity contribution in [2.24, 2.45) is 31.6 Å². The highest BCUT2D eigenvalue weighted by molar-refractivity contribution is 5.85. The van der Waals surface area contributed by atoms with Crippen molar-refractivity contribution in [3.63, 3.8) is 0 Å². The van der Waals surface area contributed by atoms with E-state index in [0.29, 0.717) is 11.5 Å². The van der Waals surface area contributed by atoms with Gasteiger partial charge in [-0.25, -0.2) is 0 Å². The van der Waals surface area contributed by atoms with Gasteiger partial charge in [-0.3, -0.25) is 9.98 Å². The SMILES string of the molecule is CC(C)(C)Cc1cc(C=NC2CCC(N=Cc3cc(CC(C)(C)C)cc(CC(C)(C)C)c3O)CC2)c(O)c(CC(C)(C)C)c1. The van der Waals surface area contributed by atoms with Gasteiger partial charge in [-0.1, -0.05) is 95.2 Å². The minimum absolute atomic E-state index is 0.0873. The molecule has 2 aromatic rings. The molecule has 2 N–H and O–H groups in total. The second-order valence-electron chi connectivity index (χ2n) is 18.4. The van der Waals surface area contributed by atoms with Gasteiger partial charge in [-0.2, -0.15) is 0 Å². The third-order valence-corrected chi connectivity index (χ3v) is 7.98. The van der Waals surface area contributed by atoms with Gasteiger partial charge in [0.1, 0.15) is 11.5 Å². The Labute approximate surface area is 269 Å².